The predicted molar refractivity (Wildman–Crippen MR) is 59.9 cm³/mol. The van der Waals surface area contributed by atoms with E-state index in [9.17, 15) is 4.79 Å². The van der Waals surface area contributed by atoms with E-state index < -0.39 is 5.76 Å². The first kappa shape index (κ1) is 11.4. The van der Waals surface area contributed by atoms with Crippen molar-refractivity contribution in [3.63, 3.8) is 0 Å². The van der Waals surface area contributed by atoms with Crippen molar-refractivity contribution in [1.82, 2.24) is 10.1 Å². The van der Waals surface area contributed by atoms with Crippen molar-refractivity contribution in [2.75, 3.05) is 6.54 Å². The van der Waals surface area contributed by atoms with E-state index in [-0.39, 0.29) is 5.41 Å². The van der Waals surface area contributed by atoms with E-state index >= 15 is 0 Å². The van der Waals surface area contributed by atoms with Gasteiger partial charge in [0.05, 0.1) is 0 Å². The van der Waals surface area contributed by atoms with Gasteiger partial charge in [-0.15, -0.1) is 0 Å². The van der Waals surface area contributed by atoms with E-state index in [1.54, 1.807) is 0 Å². The third-order valence-electron chi connectivity index (χ3n) is 3.94. The zero-order chi connectivity index (χ0) is 11.8. The van der Waals surface area contributed by atoms with Crippen molar-refractivity contribution in [3.05, 3.63) is 16.4 Å². The number of aromatic nitrogens is 2. The van der Waals surface area contributed by atoms with Gasteiger partial charge in [0, 0.05) is 6.42 Å². The van der Waals surface area contributed by atoms with E-state index in [1.807, 2.05) is 0 Å². The lowest BCUT2D eigenvalue weighted by atomic mass is 9.81. The molecule has 0 saturated heterocycles. The Morgan fingerprint density at radius 1 is 1.50 bits per heavy atom. The fourth-order valence-corrected chi connectivity index (χ4v) is 2.93. The second-order valence-corrected chi connectivity index (χ2v) is 5.29. The molecule has 0 radical (unpaired) electrons. The van der Waals surface area contributed by atoms with E-state index in [2.05, 4.69) is 28.5 Å². The van der Waals surface area contributed by atoms with E-state index in [0.717, 1.165) is 12.8 Å². The van der Waals surface area contributed by atoms with Crippen molar-refractivity contribution >= 4 is 0 Å². The van der Waals surface area contributed by atoms with Crippen LogP contribution >= 0.6 is 0 Å². The molecule has 0 unspecified atom stereocenters. The number of nitrogens with one attached hydrogen (secondary N) is 1. The molecule has 3 atom stereocenters. The van der Waals surface area contributed by atoms with Gasteiger partial charge < -0.3 is 5.73 Å². The Balaban J connectivity index is 2.14. The highest BCUT2D eigenvalue weighted by molar-refractivity contribution is 4.98. The van der Waals surface area contributed by atoms with Crippen LogP contribution in [0.5, 0.6) is 0 Å². The van der Waals surface area contributed by atoms with Gasteiger partial charge in [0.25, 0.3) is 0 Å². The number of H-pyrrole nitrogens is 1. The van der Waals surface area contributed by atoms with Gasteiger partial charge in [-0.05, 0) is 36.6 Å². The zero-order valence-corrected chi connectivity index (χ0v) is 9.82. The minimum atomic E-state index is -0.485. The second kappa shape index (κ2) is 4.05. The molecule has 16 heavy (non-hydrogen) atoms. The number of hydrogen-bond donors (Lipinski definition) is 2. The van der Waals surface area contributed by atoms with Crippen molar-refractivity contribution in [2.24, 2.45) is 23.0 Å². The Morgan fingerprint density at radius 3 is 2.56 bits per heavy atom. The third-order valence-corrected chi connectivity index (χ3v) is 3.94. The highest BCUT2D eigenvalue weighted by Gasteiger charge is 2.41. The molecule has 0 spiro atoms. The van der Waals surface area contributed by atoms with Gasteiger partial charge in [-0.1, -0.05) is 19.0 Å². The quantitative estimate of drug-likeness (QED) is 0.801. The highest BCUT2D eigenvalue weighted by Crippen LogP contribution is 2.46. The summed E-state index contributed by atoms with van der Waals surface area (Å²) in [4.78, 5) is 13.5. The molecule has 1 saturated carbocycles. The van der Waals surface area contributed by atoms with E-state index in [4.69, 9.17) is 5.73 Å². The van der Waals surface area contributed by atoms with E-state index in [0.29, 0.717) is 30.6 Å². The summed E-state index contributed by atoms with van der Waals surface area (Å²) < 4.78 is 4.52. The number of nitrogens with two attached hydrogens (primary N) is 1. The summed E-state index contributed by atoms with van der Waals surface area (Å²) in [5, 5.41) is 3.72. The highest BCUT2D eigenvalue weighted by atomic mass is 16.5. The lowest BCUT2D eigenvalue weighted by molar-refractivity contribution is 0.279. The molecule has 2 rings (SSSR count). The summed E-state index contributed by atoms with van der Waals surface area (Å²) in [7, 11) is 0. The normalized spacial score (nSPS) is 34.4. The third kappa shape index (κ3) is 2.04. The minimum absolute atomic E-state index is 0.0820. The smallest absolute Gasteiger partial charge is 0.330 e. The standard InChI is InChI=1S/C11H19N3O2/c1-7-3-11(6-12,4-8(7)2)5-9-13-10(15)16-14-9/h7-8H,3-6,12H2,1-2H3,(H,13,14,15)/t7-,8+,11-. The number of aromatic amines is 1. The SMILES string of the molecule is C[C@@H]1C[C@](CN)(Cc2noc(=O)[nH]2)C[C@@H]1C. The average Bonchev–Trinajstić information content (AvgIpc) is 2.74. The Bertz CT molecular complexity index is 399. The summed E-state index contributed by atoms with van der Waals surface area (Å²) in [6, 6.07) is 0. The average molecular weight is 225 g/mol. The van der Waals surface area contributed by atoms with Crippen LogP contribution in [-0.2, 0) is 6.42 Å². The molecule has 1 fully saturated rings. The van der Waals surface area contributed by atoms with Crippen LogP contribution in [-0.4, -0.2) is 16.7 Å². The minimum Gasteiger partial charge on any atom is -0.330 e. The van der Waals surface area contributed by atoms with Crippen LogP contribution in [0.3, 0.4) is 0 Å². The first-order valence-electron chi connectivity index (χ1n) is 5.79. The molecule has 3 N–H and O–H groups in total. The Kier molecular flexibility index (Phi) is 2.88. The maximum atomic E-state index is 10.9. The molecule has 1 aromatic rings. The summed E-state index contributed by atoms with van der Waals surface area (Å²) >= 11 is 0. The van der Waals surface area contributed by atoms with Gasteiger partial charge in [-0.3, -0.25) is 9.51 Å². The lowest BCUT2D eigenvalue weighted by Gasteiger charge is -2.26. The Hall–Kier alpha value is -1.10. The van der Waals surface area contributed by atoms with Crippen molar-refractivity contribution in [3.8, 4) is 0 Å². The van der Waals surface area contributed by atoms with Gasteiger partial charge in [0.2, 0.25) is 0 Å². The molecule has 1 aliphatic carbocycles. The van der Waals surface area contributed by atoms with Crippen LogP contribution in [0, 0.1) is 17.3 Å². The molecule has 0 aliphatic heterocycles. The van der Waals surface area contributed by atoms with Crippen molar-refractivity contribution in [2.45, 2.75) is 33.1 Å². The Labute approximate surface area is 94.4 Å². The van der Waals surface area contributed by atoms with Crippen molar-refractivity contribution < 1.29 is 4.52 Å². The molecular formula is C11H19N3O2. The van der Waals surface area contributed by atoms with Gasteiger partial charge in [-0.2, -0.15) is 0 Å². The maximum Gasteiger partial charge on any atom is 0.438 e. The molecule has 90 valence electrons. The number of hydrogen-bond acceptors (Lipinski definition) is 4. The first-order valence-corrected chi connectivity index (χ1v) is 5.79. The number of rotatable bonds is 3. The van der Waals surface area contributed by atoms with Gasteiger partial charge >= 0.3 is 5.76 Å². The Morgan fingerprint density at radius 2 is 2.12 bits per heavy atom. The first-order chi connectivity index (χ1) is 7.54. The largest absolute Gasteiger partial charge is 0.438 e. The molecule has 1 heterocycles. The molecule has 1 aromatic heterocycles. The fourth-order valence-electron chi connectivity index (χ4n) is 2.93. The molecule has 5 heteroatoms. The van der Waals surface area contributed by atoms with E-state index in [1.165, 1.54) is 0 Å². The summed E-state index contributed by atoms with van der Waals surface area (Å²) in [6.07, 6.45) is 2.91. The van der Waals surface area contributed by atoms with Crippen LogP contribution in [0.2, 0.25) is 0 Å². The lowest BCUT2D eigenvalue weighted by Crippen LogP contribution is -2.31. The fraction of sp³-hybridized carbons (Fsp3) is 0.818. The predicted octanol–water partition coefficient (Wildman–Crippen LogP) is 0.916. The molecule has 0 bridgehead atoms. The molecular weight excluding hydrogens is 206 g/mol. The zero-order valence-electron chi connectivity index (χ0n) is 9.82. The monoisotopic (exact) mass is 225 g/mol. The van der Waals surface area contributed by atoms with Crippen LogP contribution in [0.4, 0.5) is 0 Å². The number of nitrogens with zero attached hydrogens (tertiary/aromatic N) is 1. The van der Waals surface area contributed by atoms with Crippen LogP contribution in [0.25, 0.3) is 0 Å². The van der Waals surface area contributed by atoms with Crippen LogP contribution in [0.15, 0.2) is 9.32 Å². The summed E-state index contributed by atoms with van der Waals surface area (Å²) in [6.45, 7) is 5.15. The van der Waals surface area contributed by atoms with Gasteiger partial charge in [0.15, 0.2) is 5.82 Å². The molecule has 0 amide bonds. The molecule has 0 aromatic carbocycles. The second-order valence-electron chi connectivity index (χ2n) is 5.29. The van der Waals surface area contributed by atoms with Crippen LogP contribution < -0.4 is 11.5 Å². The summed E-state index contributed by atoms with van der Waals surface area (Å²) in [5.74, 6) is 1.50. The topological polar surface area (TPSA) is 84.9 Å². The van der Waals surface area contributed by atoms with Gasteiger partial charge in [0.1, 0.15) is 0 Å². The molecule has 1 aliphatic rings. The van der Waals surface area contributed by atoms with Gasteiger partial charge in [-0.25, -0.2) is 4.79 Å². The molecule has 5 nitrogen and oxygen atoms in total. The summed E-state index contributed by atoms with van der Waals surface area (Å²) in [5.41, 5.74) is 5.98. The van der Waals surface area contributed by atoms with Crippen molar-refractivity contribution in [1.29, 1.82) is 0 Å². The van der Waals surface area contributed by atoms with Crippen LogP contribution in [0.1, 0.15) is 32.5 Å². The maximum absolute atomic E-state index is 10.9.